The Bertz CT molecular complexity index is 869. The minimum absolute atomic E-state index is 0.268. The zero-order chi connectivity index (χ0) is 16.7. The number of aryl methyl sites for hydroxylation is 2. The molecule has 0 aliphatic carbocycles. The first-order valence-corrected chi connectivity index (χ1v) is 8.38. The molecule has 7 nitrogen and oxygen atoms in total. The second-order valence-corrected chi connectivity index (χ2v) is 6.33. The monoisotopic (exact) mass is 327 g/mol. The van der Waals surface area contributed by atoms with E-state index in [0.717, 1.165) is 54.2 Å². The van der Waals surface area contributed by atoms with Crippen LogP contribution in [0.25, 0.3) is 22.5 Å². The van der Waals surface area contributed by atoms with Crippen LogP contribution in [0.15, 0.2) is 22.7 Å². The molecular weight excluding hydrogens is 306 g/mol. The Kier molecular flexibility index (Phi) is 3.72. The minimum Gasteiger partial charge on any atom is -0.391 e. The molecule has 2 aromatic heterocycles. The molecule has 0 bridgehead atoms. The molecule has 1 fully saturated rings. The second-order valence-electron chi connectivity index (χ2n) is 6.33. The fraction of sp³-hybridized carbons (Fsp3) is 0.471. The molecule has 0 spiro atoms. The molecule has 4 rings (SSSR count). The molecule has 7 heteroatoms. The summed E-state index contributed by atoms with van der Waals surface area (Å²) in [5, 5.41) is 13.8. The van der Waals surface area contributed by atoms with Gasteiger partial charge >= 0.3 is 0 Å². The third-order valence-electron chi connectivity index (χ3n) is 4.49. The van der Waals surface area contributed by atoms with E-state index in [4.69, 9.17) is 9.51 Å². The lowest BCUT2D eigenvalue weighted by Crippen LogP contribution is -2.24. The number of nitrogens with zero attached hydrogens (tertiary/aromatic N) is 5. The highest BCUT2D eigenvalue weighted by Crippen LogP contribution is 2.28. The third kappa shape index (κ3) is 2.54. The van der Waals surface area contributed by atoms with Crippen LogP contribution in [-0.4, -0.2) is 44.0 Å². The van der Waals surface area contributed by atoms with Gasteiger partial charge in [0.25, 0.3) is 5.89 Å². The Labute approximate surface area is 139 Å². The number of aliphatic hydroxyl groups excluding tert-OH is 1. The molecule has 3 heterocycles. The average molecular weight is 327 g/mol. The van der Waals surface area contributed by atoms with Gasteiger partial charge in [-0.25, -0.2) is 4.98 Å². The number of hydrogen-bond donors (Lipinski definition) is 1. The smallest absolute Gasteiger partial charge is 0.257 e. The van der Waals surface area contributed by atoms with E-state index in [1.807, 2.05) is 25.2 Å². The minimum atomic E-state index is -0.268. The van der Waals surface area contributed by atoms with Crippen LogP contribution in [0.5, 0.6) is 0 Å². The fourth-order valence-corrected chi connectivity index (χ4v) is 3.22. The lowest BCUT2D eigenvalue weighted by Gasteiger charge is -2.16. The van der Waals surface area contributed by atoms with Crippen LogP contribution in [0.3, 0.4) is 0 Å². The molecule has 0 amide bonds. The molecule has 24 heavy (non-hydrogen) atoms. The number of benzene rings is 1. The van der Waals surface area contributed by atoms with Gasteiger partial charge in [0.1, 0.15) is 0 Å². The van der Waals surface area contributed by atoms with E-state index in [1.54, 1.807) is 0 Å². The van der Waals surface area contributed by atoms with Crippen LogP contribution < -0.4 is 4.90 Å². The molecule has 3 aromatic rings. The predicted molar refractivity (Wildman–Crippen MR) is 90.8 cm³/mol. The number of fused-ring (bicyclic) bond motifs is 1. The standard InChI is InChI=1S/C17H21N5O2/c1-3-4-15-19-16(24-20-15)11-5-6-14-13(9-11)18-17(21(14)2)22-8-7-12(23)10-22/h5-6,9,12,23H,3-4,7-8,10H2,1-2H3/t12-/m0/s1. The number of aliphatic hydroxyl groups is 1. The summed E-state index contributed by atoms with van der Waals surface area (Å²) < 4.78 is 7.43. The topological polar surface area (TPSA) is 80.2 Å². The van der Waals surface area contributed by atoms with Gasteiger partial charge < -0.3 is 19.1 Å². The maximum Gasteiger partial charge on any atom is 0.257 e. The van der Waals surface area contributed by atoms with E-state index in [1.165, 1.54) is 0 Å². The van der Waals surface area contributed by atoms with Gasteiger partial charge in [0.05, 0.1) is 17.1 Å². The number of aromatic nitrogens is 4. The summed E-state index contributed by atoms with van der Waals surface area (Å²) in [6.07, 6.45) is 2.33. The zero-order valence-corrected chi connectivity index (χ0v) is 13.9. The van der Waals surface area contributed by atoms with Crippen molar-refractivity contribution in [2.45, 2.75) is 32.3 Å². The molecule has 0 radical (unpaired) electrons. The largest absolute Gasteiger partial charge is 0.391 e. The Morgan fingerprint density at radius 2 is 2.21 bits per heavy atom. The highest BCUT2D eigenvalue weighted by molar-refractivity contribution is 5.83. The number of rotatable bonds is 4. The highest BCUT2D eigenvalue weighted by atomic mass is 16.5. The van der Waals surface area contributed by atoms with Gasteiger partial charge in [-0.1, -0.05) is 12.1 Å². The van der Waals surface area contributed by atoms with Crippen LogP contribution in [0, 0.1) is 0 Å². The Balaban J connectivity index is 1.70. The first-order chi connectivity index (χ1) is 11.7. The quantitative estimate of drug-likeness (QED) is 0.791. The molecule has 1 aliphatic heterocycles. The van der Waals surface area contributed by atoms with Crippen molar-refractivity contribution in [3.63, 3.8) is 0 Å². The van der Waals surface area contributed by atoms with Crippen molar-refractivity contribution in [3.05, 3.63) is 24.0 Å². The number of β-amino-alcohol motifs (C(OH)–C–C–N with tert-alkyl or cyclic N) is 1. The van der Waals surface area contributed by atoms with E-state index in [9.17, 15) is 5.11 Å². The summed E-state index contributed by atoms with van der Waals surface area (Å²) >= 11 is 0. The number of imidazole rings is 1. The third-order valence-corrected chi connectivity index (χ3v) is 4.49. The Morgan fingerprint density at radius 3 is 2.96 bits per heavy atom. The summed E-state index contributed by atoms with van der Waals surface area (Å²) in [5.74, 6) is 2.15. The molecule has 1 atom stereocenters. The van der Waals surface area contributed by atoms with Crippen molar-refractivity contribution in [2.24, 2.45) is 7.05 Å². The van der Waals surface area contributed by atoms with Gasteiger partial charge in [0.15, 0.2) is 5.82 Å². The molecular formula is C17H21N5O2. The molecule has 1 N–H and O–H groups in total. The van der Waals surface area contributed by atoms with E-state index < -0.39 is 0 Å². The van der Waals surface area contributed by atoms with Crippen molar-refractivity contribution in [2.75, 3.05) is 18.0 Å². The van der Waals surface area contributed by atoms with Gasteiger partial charge in [-0.2, -0.15) is 4.98 Å². The van der Waals surface area contributed by atoms with Crippen molar-refractivity contribution in [1.82, 2.24) is 19.7 Å². The summed E-state index contributed by atoms with van der Waals surface area (Å²) in [7, 11) is 2.00. The maximum atomic E-state index is 9.76. The molecule has 1 aliphatic rings. The van der Waals surface area contributed by atoms with Crippen molar-refractivity contribution >= 4 is 17.0 Å². The van der Waals surface area contributed by atoms with E-state index in [2.05, 4.69) is 26.5 Å². The lowest BCUT2D eigenvalue weighted by atomic mass is 10.2. The van der Waals surface area contributed by atoms with Crippen LogP contribution >= 0.6 is 0 Å². The SMILES string of the molecule is CCCc1noc(-c2ccc3c(c2)nc(N2CC[C@H](O)C2)n3C)n1. The number of anilines is 1. The first kappa shape index (κ1) is 15.1. The van der Waals surface area contributed by atoms with E-state index in [-0.39, 0.29) is 6.10 Å². The van der Waals surface area contributed by atoms with Crippen molar-refractivity contribution < 1.29 is 9.63 Å². The summed E-state index contributed by atoms with van der Waals surface area (Å²) in [6, 6.07) is 5.99. The molecule has 0 unspecified atom stereocenters. The summed E-state index contributed by atoms with van der Waals surface area (Å²) in [5.41, 5.74) is 2.81. The first-order valence-electron chi connectivity index (χ1n) is 8.38. The highest BCUT2D eigenvalue weighted by Gasteiger charge is 2.24. The van der Waals surface area contributed by atoms with Gasteiger partial charge in [0.2, 0.25) is 5.95 Å². The number of hydrogen-bond acceptors (Lipinski definition) is 6. The zero-order valence-electron chi connectivity index (χ0n) is 13.9. The van der Waals surface area contributed by atoms with Gasteiger partial charge in [-0.15, -0.1) is 0 Å². The lowest BCUT2D eigenvalue weighted by molar-refractivity contribution is 0.198. The van der Waals surface area contributed by atoms with Gasteiger partial charge in [0, 0.05) is 32.1 Å². The van der Waals surface area contributed by atoms with Crippen LogP contribution in [0.4, 0.5) is 5.95 Å². The van der Waals surface area contributed by atoms with Crippen LogP contribution in [0.1, 0.15) is 25.6 Å². The maximum absolute atomic E-state index is 9.76. The molecule has 1 saturated heterocycles. The molecule has 1 aromatic carbocycles. The molecule has 0 saturated carbocycles. The van der Waals surface area contributed by atoms with Gasteiger partial charge in [-0.3, -0.25) is 0 Å². The van der Waals surface area contributed by atoms with Crippen LogP contribution in [-0.2, 0) is 13.5 Å². The van der Waals surface area contributed by atoms with Gasteiger partial charge in [-0.05, 0) is 31.0 Å². The van der Waals surface area contributed by atoms with E-state index >= 15 is 0 Å². The van der Waals surface area contributed by atoms with Crippen LogP contribution in [0.2, 0.25) is 0 Å². The van der Waals surface area contributed by atoms with E-state index in [0.29, 0.717) is 12.4 Å². The Morgan fingerprint density at radius 1 is 1.33 bits per heavy atom. The summed E-state index contributed by atoms with van der Waals surface area (Å²) in [4.78, 5) is 11.3. The van der Waals surface area contributed by atoms with Crippen molar-refractivity contribution in [3.8, 4) is 11.5 Å². The van der Waals surface area contributed by atoms with Crippen molar-refractivity contribution in [1.29, 1.82) is 0 Å². The summed E-state index contributed by atoms with van der Waals surface area (Å²) in [6.45, 7) is 3.55. The normalized spacial score (nSPS) is 18.0. The Hall–Kier alpha value is -2.41. The second kappa shape index (κ2) is 5.90. The molecule has 126 valence electrons. The predicted octanol–water partition coefficient (Wildman–Crippen LogP) is 2.15. The average Bonchev–Trinajstić information content (AvgIpc) is 3.27. The fourth-order valence-electron chi connectivity index (χ4n) is 3.22.